The van der Waals surface area contributed by atoms with Gasteiger partial charge in [-0.15, -0.1) is 0 Å². The summed E-state index contributed by atoms with van der Waals surface area (Å²) in [6, 6.07) is 0. The van der Waals surface area contributed by atoms with E-state index in [0.29, 0.717) is 17.6 Å². The summed E-state index contributed by atoms with van der Waals surface area (Å²) < 4.78 is 0. The van der Waals surface area contributed by atoms with Crippen LogP contribution in [0.1, 0.15) is 67.7 Å². The van der Waals surface area contributed by atoms with Crippen LogP contribution in [0.15, 0.2) is 0 Å². The summed E-state index contributed by atoms with van der Waals surface area (Å²) in [6.45, 7) is 14.4. The molecule has 0 aliphatic heterocycles. The predicted molar refractivity (Wildman–Crippen MR) is 77.5 cm³/mol. The van der Waals surface area contributed by atoms with Crippen molar-refractivity contribution in [1.82, 2.24) is 0 Å². The van der Waals surface area contributed by atoms with Crippen LogP contribution in [0.25, 0.3) is 0 Å². The van der Waals surface area contributed by atoms with E-state index in [-0.39, 0.29) is 17.7 Å². The third-order valence-corrected chi connectivity index (χ3v) is 2.18. The minimum Gasteiger partial charge on any atom is -0.324 e. The molecule has 0 aromatic rings. The smallest absolute Gasteiger partial charge is 0.146 e. The Balaban J connectivity index is 0. The first-order valence-electron chi connectivity index (χ1n) is 6.58. The lowest BCUT2D eigenvalue weighted by molar-refractivity contribution is -0.119. The van der Waals surface area contributed by atoms with Crippen molar-refractivity contribution in [3.63, 3.8) is 0 Å². The standard InChI is InChI=1S/C8H16O.C7H15NO/c1-7(9)5-6-8(2,3)4;1-7(2,3)4-6(9)5-8/h5-6H2,1-4H3;4-5,8H2,1-3H3. The van der Waals surface area contributed by atoms with Gasteiger partial charge in [-0.2, -0.15) is 0 Å². The topological polar surface area (TPSA) is 60.2 Å². The summed E-state index contributed by atoms with van der Waals surface area (Å²) >= 11 is 0. The molecular weight excluding hydrogens is 226 g/mol. The van der Waals surface area contributed by atoms with Crippen LogP contribution < -0.4 is 5.73 Å². The van der Waals surface area contributed by atoms with Crippen LogP contribution in [0.5, 0.6) is 0 Å². The Morgan fingerprint density at radius 1 is 0.944 bits per heavy atom. The maximum atomic E-state index is 10.7. The molecule has 0 rings (SSSR count). The second-order valence-corrected chi connectivity index (χ2v) is 7.24. The van der Waals surface area contributed by atoms with Crippen molar-refractivity contribution in [2.45, 2.75) is 67.7 Å². The summed E-state index contributed by atoms with van der Waals surface area (Å²) in [4.78, 5) is 21.2. The largest absolute Gasteiger partial charge is 0.324 e. The van der Waals surface area contributed by atoms with Crippen LogP contribution in [-0.2, 0) is 9.59 Å². The highest BCUT2D eigenvalue weighted by Crippen LogP contribution is 2.20. The highest BCUT2D eigenvalue weighted by molar-refractivity contribution is 5.80. The van der Waals surface area contributed by atoms with Gasteiger partial charge in [0, 0.05) is 12.8 Å². The number of carbonyl (C=O) groups excluding carboxylic acids is 2. The predicted octanol–water partition coefficient (Wildman–Crippen LogP) is 3.35. The number of nitrogens with two attached hydrogens (primary N) is 1. The van der Waals surface area contributed by atoms with Gasteiger partial charge in [0.05, 0.1) is 6.54 Å². The Bertz CT molecular complexity index is 257. The Morgan fingerprint density at radius 3 is 1.50 bits per heavy atom. The average molecular weight is 257 g/mol. The van der Waals surface area contributed by atoms with E-state index in [2.05, 4.69) is 20.8 Å². The van der Waals surface area contributed by atoms with E-state index in [4.69, 9.17) is 5.73 Å². The third-order valence-electron chi connectivity index (χ3n) is 2.18. The van der Waals surface area contributed by atoms with Gasteiger partial charge < -0.3 is 10.5 Å². The van der Waals surface area contributed by atoms with Crippen LogP contribution in [0.2, 0.25) is 0 Å². The first-order chi connectivity index (χ1) is 7.87. The minimum atomic E-state index is 0.0937. The van der Waals surface area contributed by atoms with E-state index >= 15 is 0 Å². The molecule has 0 atom stereocenters. The lowest BCUT2D eigenvalue weighted by Crippen LogP contribution is -2.20. The molecule has 0 amide bonds. The Kier molecular flexibility index (Phi) is 9.17. The number of hydrogen-bond acceptors (Lipinski definition) is 3. The van der Waals surface area contributed by atoms with E-state index in [1.165, 1.54) is 0 Å². The first kappa shape index (κ1) is 19.6. The summed E-state index contributed by atoms with van der Waals surface area (Å²) in [5, 5.41) is 0. The molecule has 0 heterocycles. The summed E-state index contributed by atoms with van der Waals surface area (Å²) in [5.41, 5.74) is 5.53. The SMILES string of the molecule is CC(=O)CCC(C)(C)C.CC(C)(C)CC(=O)CN. The molecule has 2 N–H and O–H groups in total. The molecule has 0 saturated heterocycles. The zero-order chi connectivity index (χ0) is 15.0. The number of ketones is 2. The molecule has 0 bridgehead atoms. The van der Waals surface area contributed by atoms with Gasteiger partial charge in [-0.25, -0.2) is 0 Å². The van der Waals surface area contributed by atoms with Gasteiger partial charge in [-0.3, -0.25) is 4.79 Å². The Labute approximate surface area is 113 Å². The third kappa shape index (κ3) is 20.7. The summed E-state index contributed by atoms with van der Waals surface area (Å²) in [7, 11) is 0. The molecule has 0 saturated carbocycles. The number of hydrogen-bond donors (Lipinski definition) is 1. The fourth-order valence-electron chi connectivity index (χ4n) is 1.21. The normalized spacial score (nSPS) is 11.6. The lowest BCUT2D eigenvalue weighted by Gasteiger charge is -2.15. The molecule has 0 spiro atoms. The number of carbonyl (C=O) groups is 2. The molecule has 0 aromatic heterocycles. The van der Waals surface area contributed by atoms with E-state index in [1.54, 1.807) is 6.92 Å². The van der Waals surface area contributed by atoms with E-state index in [0.717, 1.165) is 12.8 Å². The molecule has 3 heteroatoms. The van der Waals surface area contributed by atoms with Crippen LogP contribution in [-0.4, -0.2) is 18.1 Å². The quantitative estimate of drug-likeness (QED) is 0.840. The highest BCUT2D eigenvalue weighted by Gasteiger charge is 2.13. The maximum Gasteiger partial charge on any atom is 0.146 e. The van der Waals surface area contributed by atoms with E-state index in [1.807, 2.05) is 20.8 Å². The van der Waals surface area contributed by atoms with Crippen molar-refractivity contribution in [2.75, 3.05) is 6.54 Å². The summed E-state index contributed by atoms with van der Waals surface area (Å²) in [5.74, 6) is 0.437. The average Bonchev–Trinajstić information content (AvgIpc) is 2.12. The fourth-order valence-corrected chi connectivity index (χ4v) is 1.21. The van der Waals surface area contributed by atoms with Crippen molar-refractivity contribution in [3.8, 4) is 0 Å². The van der Waals surface area contributed by atoms with E-state index in [9.17, 15) is 9.59 Å². The molecule has 0 aliphatic rings. The van der Waals surface area contributed by atoms with Gasteiger partial charge >= 0.3 is 0 Å². The minimum absolute atomic E-state index is 0.0937. The van der Waals surface area contributed by atoms with Crippen molar-refractivity contribution in [2.24, 2.45) is 16.6 Å². The highest BCUT2D eigenvalue weighted by atomic mass is 16.1. The molecule has 0 unspecified atom stereocenters. The number of rotatable bonds is 4. The van der Waals surface area contributed by atoms with E-state index < -0.39 is 0 Å². The van der Waals surface area contributed by atoms with Crippen molar-refractivity contribution in [3.05, 3.63) is 0 Å². The van der Waals surface area contributed by atoms with Crippen molar-refractivity contribution >= 4 is 11.6 Å². The lowest BCUT2D eigenvalue weighted by atomic mass is 9.90. The molecule has 0 aromatic carbocycles. The van der Waals surface area contributed by atoms with Gasteiger partial charge in [-0.1, -0.05) is 41.5 Å². The second-order valence-electron chi connectivity index (χ2n) is 7.24. The van der Waals surface area contributed by atoms with Crippen LogP contribution >= 0.6 is 0 Å². The Morgan fingerprint density at radius 2 is 1.39 bits per heavy atom. The van der Waals surface area contributed by atoms with Gasteiger partial charge in [0.25, 0.3) is 0 Å². The molecule has 3 nitrogen and oxygen atoms in total. The zero-order valence-electron chi connectivity index (χ0n) is 13.2. The molecule has 0 radical (unpaired) electrons. The molecule has 0 aliphatic carbocycles. The van der Waals surface area contributed by atoms with Crippen molar-refractivity contribution < 1.29 is 9.59 Å². The molecule has 0 fully saturated rings. The van der Waals surface area contributed by atoms with Gasteiger partial charge in [0.2, 0.25) is 0 Å². The summed E-state index contributed by atoms with van der Waals surface area (Å²) in [6.07, 6.45) is 2.31. The molecule has 108 valence electrons. The molecule has 18 heavy (non-hydrogen) atoms. The first-order valence-corrected chi connectivity index (χ1v) is 6.58. The van der Waals surface area contributed by atoms with Crippen LogP contribution in [0.3, 0.4) is 0 Å². The maximum absolute atomic E-state index is 10.7. The molecular formula is C15H31NO2. The van der Waals surface area contributed by atoms with Crippen molar-refractivity contribution in [1.29, 1.82) is 0 Å². The van der Waals surface area contributed by atoms with Gasteiger partial charge in [0.15, 0.2) is 0 Å². The van der Waals surface area contributed by atoms with Crippen LogP contribution in [0.4, 0.5) is 0 Å². The fraction of sp³-hybridized carbons (Fsp3) is 0.867. The van der Waals surface area contributed by atoms with Gasteiger partial charge in [-0.05, 0) is 24.2 Å². The second kappa shape index (κ2) is 8.41. The van der Waals surface area contributed by atoms with Crippen LogP contribution in [0, 0.1) is 10.8 Å². The zero-order valence-corrected chi connectivity index (χ0v) is 13.2. The number of Topliss-reactive ketones (excluding diaryl/α,β-unsaturated/α-hetero) is 2. The Hall–Kier alpha value is -0.700. The monoisotopic (exact) mass is 257 g/mol. The van der Waals surface area contributed by atoms with Gasteiger partial charge in [0.1, 0.15) is 11.6 Å².